The number of likely N-dealkylation sites (tertiary alicyclic amines) is 1. The second-order valence-corrected chi connectivity index (χ2v) is 10.9. The van der Waals surface area contributed by atoms with Gasteiger partial charge >= 0.3 is 12.5 Å². The third-order valence-electron chi connectivity index (χ3n) is 4.55. The molecule has 2 unspecified atom stereocenters. The lowest BCUT2D eigenvalue weighted by molar-refractivity contribution is -0.931. The third kappa shape index (κ3) is 6.69. The first-order valence-electron chi connectivity index (χ1n) is 8.23. The number of rotatable bonds is 2. The predicted octanol–water partition coefficient (Wildman–Crippen LogP) is 3.47. The number of benzene rings is 1. The molecule has 0 aliphatic carbocycles. The molecule has 2 aliphatic rings. The minimum Gasteiger partial charge on any atom is -0.741 e. The van der Waals surface area contributed by atoms with Crippen molar-refractivity contribution in [3.8, 4) is 0 Å². The topological polar surface area (TPSA) is 92.7 Å². The molecule has 0 radical (unpaired) electrons. The van der Waals surface area contributed by atoms with Gasteiger partial charge in [0.2, 0.25) is 0 Å². The third-order valence-corrected chi connectivity index (χ3v) is 6.63. The zero-order chi connectivity index (χ0) is 21.2. The zero-order valence-electron chi connectivity index (χ0n) is 14.8. The van der Waals surface area contributed by atoms with Crippen molar-refractivity contribution in [2.24, 2.45) is 5.92 Å². The minimum atomic E-state index is -6.09. The Hall–Kier alpha value is -0.680. The van der Waals surface area contributed by atoms with Gasteiger partial charge in [0.1, 0.15) is 6.54 Å². The Balaban J connectivity index is 0.000000300. The first-order valence-corrected chi connectivity index (χ1v) is 12.1. The largest absolute Gasteiger partial charge is 0.741 e. The van der Waals surface area contributed by atoms with Gasteiger partial charge in [0.25, 0.3) is 0 Å². The van der Waals surface area contributed by atoms with E-state index in [1.54, 1.807) is 0 Å². The number of piperidine rings is 1. The normalized spacial score (nSPS) is 33.4. The van der Waals surface area contributed by atoms with Crippen molar-refractivity contribution < 1.29 is 44.2 Å². The van der Waals surface area contributed by atoms with Gasteiger partial charge in [-0.25, -0.2) is 13.0 Å². The number of quaternary nitrogens is 1. The van der Waals surface area contributed by atoms with Gasteiger partial charge < -0.3 is 9.04 Å². The molecule has 0 bridgehead atoms. The molecule has 1 aromatic carbocycles. The van der Waals surface area contributed by atoms with Crippen LogP contribution in [0.5, 0.6) is 0 Å². The maximum absolute atomic E-state index is 11.7. The summed E-state index contributed by atoms with van der Waals surface area (Å²) in [5.41, 5.74) is -4.30. The lowest BCUT2D eigenvalue weighted by atomic mass is 9.93. The Labute approximate surface area is 166 Å². The van der Waals surface area contributed by atoms with E-state index in [1.807, 2.05) is 6.07 Å². The van der Waals surface area contributed by atoms with E-state index >= 15 is 0 Å². The van der Waals surface area contributed by atoms with Gasteiger partial charge in [-0.3, -0.25) is 9.05 Å². The maximum atomic E-state index is 11.7. The highest BCUT2D eigenvalue weighted by molar-refractivity contribution is 7.86. The minimum absolute atomic E-state index is 0.0194. The molecule has 2 fully saturated rings. The second kappa shape index (κ2) is 8.59. The van der Waals surface area contributed by atoms with Gasteiger partial charge in [0.15, 0.2) is 10.1 Å². The molecule has 0 saturated carbocycles. The van der Waals surface area contributed by atoms with Crippen molar-refractivity contribution in [1.82, 2.24) is 0 Å². The molecular formula is C15H20ClF3NO6PS. The van der Waals surface area contributed by atoms with E-state index in [1.165, 1.54) is 5.56 Å². The summed E-state index contributed by atoms with van der Waals surface area (Å²) in [6, 6.07) is 10.5. The van der Waals surface area contributed by atoms with Crippen LogP contribution in [0.1, 0.15) is 12.0 Å². The van der Waals surface area contributed by atoms with E-state index < -0.39 is 22.6 Å². The van der Waals surface area contributed by atoms with E-state index in [9.17, 15) is 17.7 Å². The lowest BCUT2D eigenvalue weighted by Crippen LogP contribution is -2.56. The fraction of sp³-hybridized carbons (Fsp3) is 0.600. The highest BCUT2D eigenvalue weighted by atomic mass is 35.7. The fourth-order valence-electron chi connectivity index (χ4n) is 3.29. The number of hydrogen-bond acceptors (Lipinski definition) is 6. The number of fused-ring (bicyclic) bond motifs is 1. The fourth-order valence-corrected chi connectivity index (χ4v) is 4.80. The number of hydrogen-bond donors (Lipinski definition) is 0. The average Bonchev–Trinajstić information content (AvgIpc) is 2.54. The molecule has 0 amide bonds. The smallest absolute Gasteiger partial charge is 0.485 e. The van der Waals surface area contributed by atoms with Crippen molar-refractivity contribution >= 4 is 28.3 Å². The molecule has 13 heteroatoms. The van der Waals surface area contributed by atoms with Crippen LogP contribution in [-0.4, -0.2) is 55.8 Å². The summed E-state index contributed by atoms with van der Waals surface area (Å²) >= 11 is 5.70. The summed E-state index contributed by atoms with van der Waals surface area (Å²) in [6.07, 6.45) is 0.864. The molecule has 3 rings (SSSR count). The lowest BCUT2D eigenvalue weighted by Gasteiger charge is -2.46. The summed E-state index contributed by atoms with van der Waals surface area (Å²) < 4.78 is 82.1. The van der Waals surface area contributed by atoms with E-state index in [0.29, 0.717) is 6.61 Å². The van der Waals surface area contributed by atoms with Crippen LogP contribution in [0.3, 0.4) is 0 Å². The predicted molar refractivity (Wildman–Crippen MR) is 94.2 cm³/mol. The molecule has 7 nitrogen and oxygen atoms in total. The van der Waals surface area contributed by atoms with E-state index in [2.05, 4.69) is 31.3 Å². The summed E-state index contributed by atoms with van der Waals surface area (Å²) in [4.78, 5) is 0. The number of nitrogens with zero attached hydrogens (tertiary/aromatic N) is 1. The van der Waals surface area contributed by atoms with Gasteiger partial charge in [0, 0.05) is 23.2 Å². The van der Waals surface area contributed by atoms with Crippen molar-refractivity contribution in [1.29, 1.82) is 0 Å². The molecule has 0 spiro atoms. The molecule has 2 saturated heterocycles. The Morgan fingerprint density at radius 3 is 2.43 bits per heavy atom. The molecular weight excluding hydrogens is 446 g/mol. The Kier molecular flexibility index (Phi) is 7.24. The molecule has 28 heavy (non-hydrogen) atoms. The second-order valence-electron chi connectivity index (χ2n) is 6.99. The molecule has 1 aromatic rings. The summed E-state index contributed by atoms with van der Waals surface area (Å²) in [7, 11) is -3.83. The van der Waals surface area contributed by atoms with Crippen LogP contribution in [0.4, 0.5) is 13.2 Å². The van der Waals surface area contributed by atoms with Crippen LogP contribution in [0.15, 0.2) is 30.3 Å². The van der Waals surface area contributed by atoms with Crippen LogP contribution in [0, 0.1) is 5.92 Å². The van der Waals surface area contributed by atoms with Crippen LogP contribution in [0.2, 0.25) is 0 Å². The molecule has 2 heterocycles. The monoisotopic (exact) mass is 465 g/mol. The molecule has 0 N–H and O–H groups in total. The van der Waals surface area contributed by atoms with Gasteiger partial charge in [-0.05, 0) is 0 Å². The average molecular weight is 466 g/mol. The summed E-state index contributed by atoms with van der Waals surface area (Å²) in [5, 5.41) is 0. The molecule has 2 aliphatic heterocycles. The SMILES string of the molecule is C[N+]1(Cc2ccccc2)CC[C@@H]2OP(=O)(Cl)OC[C@H]2C1.O=S(=O)([O-])C(F)(F)F. The van der Waals surface area contributed by atoms with Crippen LogP contribution in [0.25, 0.3) is 0 Å². The van der Waals surface area contributed by atoms with E-state index in [0.717, 1.165) is 30.5 Å². The quantitative estimate of drug-likeness (QED) is 0.287. The van der Waals surface area contributed by atoms with Gasteiger partial charge in [0.05, 0.1) is 38.8 Å². The molecule has 160 valence electrons. The Morgan fingerprint density at radius 2 is 1.89 bits per heavy atom. The molecule has 0 aromatic heterocycles. The van der Waals surface area contributed by atoms with Crippen LogP contribution in [-0.2, 0) is 30.3 Å². The van der Waals surface area contributed by atoms with Crippen molar-refractivity contribution in [2.45, 2.75) is 24.6 Å². The van der Waals surface area contributed by atoms with Crippen molar-refractivity contribution in [3.63, 3.8) is 0 Å². The van der Waals surface area contributed by atoms with Gasteiger partial charge in [-0.1, -0.05) is 30.3 Å². The summed E-state index contributed by atoms with van der Waals surface area (Å²) in [6.45, 7) is 0.0978. The maximum Gasteiger partial charge on any atom is 0.485 e. The number of halogens is 4. The Morgan fingerprint density at radius 1 is 1.32 bits per heavy atom. The first-order chi connectivity index (χ1) is 12.7. The summed E-state index contributed by atoms with van der Waals surface area (Å²) in [5.74, 6) is 0.276. The zero-order valence-corrected chi connectivity index (χ0v) is 17.3. The van der Waals surface area contributed by atoms with E-state index in [-0.39, 0.29) is 12.0 Å². The van der Waals surface area contributed by atoms with Gasteiger partial charge in [-0.15, -0.1) is 0 Å². The van der Waals surface area contributed by atoms with Crippen LogP contribution >= 0.6 is 18.2 Å². The first kappa shape index (κ1) is 23.6. The van der Waals surface area contributed by atoms with Crippen LogP contribution < -0.4 is 0 Å². The van der Waals surface area contributed by atoms with Crippen molar-refractivity contribution in [3.05, 3.63) is 35.9 Å². The van der Waals surface area contributed by atoms with E-state index in [4.69, 9.17) is 33.3 Å². The Bertz CT molecular complexity index is 825. The number of alkyl halides is 3. The highest BCUT2D eigenvalue weighted by Gasteiger charge is 2.45. The molecule has 4 atom stereocenters. The van der Waals surface area contributed by atoms with Crippen molar-refractivity contribution in [2.75, 3.05) is 26.7 Å². The highest BCUT2D eigenvalue weighted by Crippen LogP contribution is 2.59. The standard InChI is InChI=1S/C14H20ClNO3P.CHF3O3S/c1-16(9-12-5-3-2-4-6-12)8-7-14-13(10-16)11-18-20(15,17)19-14;2-1(3,4)8(5,6)7/h2-6,13-14H,7-11H2,1H3;(H,5,6,7)/q+1;/p-1/t13-,14+,16?,20?;/m1./s1. The van der Waals surface area contributed by atoms with Gasteiger partial charge in [-0.2, -0.15) is 13.2 Å².